The maximum absolute atomic E-state index is 11.9. The van der Waals surface area contributed by atoms with Crippen LogP contribution in [0.2, 0.25) is 5.02 Å². The van der Waals surface area contributed by atoms with Gasteiger partial charge in [0.1, 0.15) is 0 Å². The fraction of sp³-hybridized carbons (Fsp3) is 0.579. The quantitative estimate of drug-likeness (QED) is 0.322. The Morgan fingerprint density at radius 1 is 1.15 bits per heavy atom. The Labute approximate surface area is 179 Å². The minimum atomic E-state index is -0.241. The number of nitrogens with one attached hydrogen (secondary N) is 3. The first-order valence-electron chi connectivity index (χ1n) is 8.51. The number of benzene rings is 1. The highest BCUT2D eigenvalue weighted by Crippen LogP contribution is 2.22. The third-order valence-electron chi connectivity index (χ3n) is 3.46. The van der Waals surface area contributed by atoms with E-state index in [1.54, 1.807) is 7.05 Å². The number of hydrogen-bond donors (Lipinski definition) is 3. The molecule has 1 aromatic rings. The van der Waals surface area contributed by atoms with Crippen LogP contribution in [-0.4, -0.2) is 37.5 Å². The van der Waals surface area contributed by atoms with Crippen LogP contribution in [0, 0.1) is 5.41 Å². The molecule has 0 spiro atoms. The van der Waals surface area contributed by atoms with Crippen molar-refractivity contribution in [2.75, 3.05) is 20.1 Å². The van der Waals surface area contributed by atoms with Crippen LogP contribution in [0.1, 0.15) is 40.2 Å². The SMILES string of the molecule is CN=C(NCC(=O)NC(C)(C)C)NCC(C)(C)Cc1cccc(Cl)c1.I. The number of hydrogen-bond acceptors (Lipinski definition) is 2. The fourth-order valence-corrected chi connectivity index (χ4v) is 2.64. The van der Waals surface area contributed by atoms with E-state index < -0.39 is 0 Å². The number of rotatable bonds is 6. The molecule has 0 saturated carbocycles. The molecule has 0 atom stereocenters. The van der Waals surface area contributed by atoms with Gasteiger partial charge in [-0.15, -0.1) is 24.0 Å². The summed E-state index contributed by atoms with van der Waals surface area (Å²) in [6, 6.07) is 7.92. The van der Waals surface area contributed by atoms with Gasteiger partial charge >= 0.3 is 0 Å². The Morgan fingerprint density at radius 3 is 2.35 bits per heavy atom. The number of aliphatic imine (C=N–C) groups is 1. The summed E-state index contributed by atoms with van der Waals surface area (Å²) in [5, 5.41) is 10.00. The molecule has 0 aliphatic carbocycles. The number of carbonyl (C=O) groups excluding carboxylic acids is 1. The lowest BCUT2D eigenvalue weighted by atomic mass is 9.86. The summed E-state index contributed by atoms with van der Waals surface area (Å²) in [5.41, 5.74) is 0.969. The first-order valence-corrected chi connectivity index (χ1v) is 8.88. The minimum Gasteiger partial charge on any atom is -0.356 e. The highest BCUT2D eigenvalue weighted by atomic mass is 127. The Balaban J connectivity index is 0.00000625. The van der Waals surface area contributed by atoms with Crippen LogP contribution in [-0.2, 0) is 11.2 Å². The molecule has 0 unspecified atom stereocenters. The zero-order valence-corrected chi connectivity index (χ0v) is 19.7. The molecule has 1 amide bonds. The average molecular weight is 495 g/mol. The first kappa shape index (κ1) is 25.0. The van der Waals surface area contributed by atoms with Gasteiger partial charge in [-0.25, -0.2) is 0 Å². The molecule has 5 nitrogen and oxygen atoms in total. The maximum atomic E-state index is 11.9. The van der Waals surface area contributed by atoms with Gasteiger partial charge < -0.3 is 16.0 Å². The molecule has 0 radical (unpaired) electrons. The largest absolute Gasteiger partial charge is 0.356 e. The second-order valence-corrected chi connectivity index (χ2v) is 8.48. The number of nitrogens with zero attached hydrogens (tertiary/aromatic N) is 1. The van der Waals surface area contributed by atoms with Gasteiger partial charge in [0, 0.05) is 24.2 Å². The van der Waals surface area contributed by atoms with Gasteiger partial charge in [-0.1, -0.05) is 37.6 Å². The molecule has 7 heteroatoms. The molecular formula is C19H32ClIN4O. The molecule has 26 heavy (non-hydrogen) atoms. The summed E-state index contributed by atoms with van der Waals surface area (Å²) in [5.74, 6) is 0.553. The Bertz CT molecular complexity index is 612. The van der Waals surface area contributed by atoms with Crippen LogP contribution in [0.25, 0.3) is 0 Å². The zero-order chi connectivity index (χ0) is 19.1. The van der Waals surface area contributed by atoms with E-state index in [0.717, 1.165) is 18.0 Å². The monoisotopic (exact) mass is 494 g/mol. The predicted octanol–water partition coefficient (Wildman–Crippen LogP) is 3.61. The van der Waals surface area contributed by atoms with Crippen LogP contribution in [0.5, 0.6) is 0 Å². The second kappa shape index (κ2) is 11.0. The molecule has 0 heterocycles. The van der Waals surface area contributed by atoms with Crippen molar-refractivity contribution in [3.63, 3.8) is 0 Å². The molecule has 0 fully saturated rings. The van der Waals surface area contributed by atoms with Gasteiger partial charge in [-0.05, 0) is 50.3 Å². The summed E-state index contributed by atoms with van der Waals surface area (Å²) in [6.45, 7) is 11.1. The zero-order valence-electron chi connectivity index (χ0n) is 16.6. The lowest BCUT2D eigenvalue weighted by molar-refractivity contribution is -0.121. The summed E-state index contributed by atoms with van der Waals surface area (Å²) in [6.07, 6.45) is 0.891. The van der Waals surface area contributed by atoms with Crippen molar-refractivity contribution in [2.24, 2.45) is 10.4 Å². The summed E-state index contributed by atoms with van der Waals surface area (Å²) >= 11 is 6.06. The molecule has 148 valence electrons. The van der Waals surface area contributed by atoms with E-state index in [1.165, 1.54) is 5.56 Å². The van der Waals surface area contributed by atoms with Crippen molar-refractivity contribution in [1.29, 1.82) is 0 Å². The number of carbonyl (C=O) groups is 1. The Hall–Kier alpha value is -1.02. The van der Waals surface area contributed by atoms with Crippen molar-refractivity contribution < 1.29 is 4.79 Å². The van der Waals surface area contributed by atoms with Crippen LogP contribution in [0.3, 0.4) is 0 Å². The van der Waals surface area contributed by atoms with Crippen LogP contribution in [0.15, 0.2) is 29.3 Å². The third-order valence-corrected chi connectivity index (χ3v) is 3.70. The van der Waals surface area contributed by atoms with Crippen molar-refractivity contribution >= 4 is 47.4 Å². The van der Waals surface area contributed by atoms with E-state index in [4.69, 9.17) is 11.6 Å². The summed E-state index contributed by atoms with van der Waals surface area (Å²) < 4.78 is 0. The van der Waals surface area contributed by atoms with Gasteiger partial charge in [0.2, 0.25) is 5.91 Å². The fourth-order valence-electron chi connectivity index (χ4n) is 2.43. The Morgan fingerprint density at radius 2 is 1.81 bits per heavy atom. The molecule has 0 bridgehead atoms. The van der Waals surface area contributed by atoms with Gasteiger partial charge in [0.25, 0.3) is 0 Å². The molecule has 1 rings (SSSR count). The molecule has 0 aromatic heterocycles. The average Bonchev–Trinajstić information content (AvgIpc) is 2.45. The molecule has 1 aromatic carbocycles. The van der Waals surface area contributed by atoms with Crippen LogP contribution < -0.4 is 16.0 Å². The molecule has 3 N–H and O–H groups in total. The molecule has 0 aliphatic heterocycles. The van der Waals surface area contributed by atoms with Gasteiger partial charge in [-0.2, -0.15) is 0 Å². The number of halogens is 2. The standard InChI is InChI=1S/C19H31ClN4O.HI/c1-18(2,3)24-16(25)12-22-17(21-6)23-13-19(4,5)11-14-8-7-9-15(20)10-14;/h7-10H,11-13H2,1-6H3,(H,24,25)(H2,21,22,23);1H. The smallest absolute Gasteiger partial charge is 0.239 e. The summed E-state index contributed by atoms with van der Waals surface area (Å²) in [4.78, 5) is 16.1. The van der Waals surface area contributed by atoms with E-state index in [2.05, 4.69) is 40.9 Å². The number of amides is 1. The second-order valence-electron chi connectivity index (χ2n) is 8.05. The van der Waals surface area contributed by atoms with E-state index >= 15 is 0 Å². The minimum absolute atomic E-state index is 0. The van der Waals surface area contributed by atoms with Gasteiger partial charge in [0.15, 0.2) is 5.96 Å². The van der Waals surface area contributed by atoms with Gasteiger partial charge in [-0.3, -0.25) is 9.79 Å². The predicted molar refractivity (Wildman–Crippen MR) is 122 cm³/mol. The van der Waals surface area contributed by atoms with Gasteiger partial charge in [0.05, 0.1) is 6.54 Å². The molecule has 0 aliphatic rings. The van der Waals surface area contributed by atoms with Crippen LogP contribution >= 0.6 is 35.6 Å². The normalized spacial score (nSPS) is 12.2. The molecule has 0 saturated heterocycles. The number of guanidine groups is 1. The summed E-state index contributed by atoms with van der Waals surface area (Å²) in [7, 11) is 1.70. The van der Waals surface area contributed by atoms with Crippen molar-refractivity contribution in [1.82, 2.24) is 16.0 Å². The molecular weight excluding hydrogens is 463 g/mol. The van der Waals surface area contributed by atoms with Crippen LogP contribution in [0.4, 0.5) is 0 Å². The lowest BCUT2D eigenvalue weighted by Gasteiger charge is -2.26. The first-order chi connectivity index (χ1) is 11.5. The maximum Gasteiger partial charge on any atom is 0.239 e. The van der Waals surface area contributed by atoms with E-state index in [9.17, 15) is 4.79 Å². The lowest BCUT2D eigenvalue weighted by Crippen LogP contribution is -2.49. The topological polar surface area (TPSA) is 65.5 Å². The Kier molecular flexibility index (Phi) is 10.5. The highest BCUT2D eigenvalue weighted by molar-refractivity contribution is 14.0. The highest BCUT2D eigenvalue weighted by Gasteiger charge is 2.20. The van der Waals surface area contributed by atoms with Crippen molar-refractivity contribution in [3.8, 4) is 0 Å². The van der Waals surface area contributed by atoms with E-state index in [1.807, 2.05) is 39.0 Å². The van der Waals surface area contributed by atoms with Crippen molar-refractivity contribution in [3.05, 3.63) is 34.9 Å². The van der Waals surface area contributed by atoms with E-state index in [-0.39, 0.29) is 47.4 Å². The van der Waals surface area contributed by atoms with E-state index in [0.29, 0.717) is 5.96 Å². The van der Waals surface area contributed by atoms with Crippen molar-refractivity contribution in [2.45, 2.75) is 46.6 Å². The third kappa shape index (κ3) is 10.9.